The Morgan fingerprint density at radius 3 is 2.34 bits per heavy atom. The topological polar surface area (TPSA) is 109 Å². The number of oxazole rings is 1. The van der Waals surface area contributed by atoms with E-state index in [2.05, 4.69) is 0 Å². The van der Waals surface area contributed by atoms with E-state index in [1.54, 1.807) is 26.0 Å². The molecule has 4 rings (SSSR count). The minimum atomic E-state index is -0.381. The van der Waals surface area contributed by atoms with E-state index in [1.165, 1.54) is 0 Å². The third kappa shape index (κ3) is 5.11. The Labute approximate surface area is 204 Å². The van der Waals surface area contributed by atoms with Crippen molar-refractivity contribution in [3.8, 4) is 34.1 Å². The summed E-state index contributed by atoms with van der Waals surface area (Å²) < 4.78 is 17.2. The molecule has 35 heavy (non-hydrogen) atoms. The second kappa shape index (κ2) is 10.8. The van der Waals surface area contributed by atoms with Crippen LogP contribution in [0.1, 0.15) is 37.1 Å². The lowest BCUT2D eigenvalue weighted by Gasteiger charge is -2.32. The van der Waals surface area contributed by atoms with E-state index < -0.39 is 0 Å². The number of carbonyl (C=O) groups is 1. The van der Waals surface area contributed by atoms with Gasteiger partial charge in [0.2, 0.25) is 0 Å². The molecule has 0 unspecified atom stereocenters. The maximum atomic E-state index is 12.3. The summed E-state index contributed by atoms with van der Waals surface area (Å²) in [6.07, 6.45) is 1.36. The number of aromatic nitrogens is 1. The highest BCUT2D eigenvalue weighted by molar-refractivity contribution is 5.78. The van der Waals surface area contributed by atoms with Crippen LogP contribution in [0.3, 0.4) is 0 Å². The van der Waals surface area contributed by atoms with Gasteiger partial charge < -0.3 is 23.9 Å². The van der Waals surface area contributed by atoms with Crippen molar-refractivity contribution in [1.82, 2.24) is 14.9 Å². The van der Waals surface area contributed by atoms with Crippen molar-refractivity contribution < 1.29 is 29.0 Å². The zero-order valence-corrected chi connectivity index (χ0v) is 20.2. The number of carbonyl (C=O) groups excluding carboxylic acids is 1. The lowest BCUT2D eigenvalue weighted by molar-refractivity contribution is -0.0543. The number of rotatable bonds is 7. The van der Waals surface area contributed by atoms with E-state index in [1.807, 2.05) is 42.5 Å². The second-order valence-corrected chi connectivity index (χ2v) is 8.41. The number of ether oxygens (including phenoxy) is 2. The molecule has 0 bridgehead atoms. The number of aliphatic hydroxyl groups is 1. The molecule has 1 fully saturated rings. The molecule has 3 aromatic rings. The molecule has 2 N–H and O–H groups in total. The zero-order valence-electron chi connectivity index (χ0n) is 20.2. The van der Waals surface area contributed by atoms with Gasteiger partial charge in [0, 0.05) is 36.7 Å². The van der Waals surface area contributed by atoms with Crippen LogP contribution in [0.25, 0.3) is 22.6 Å². The van der Waals surface area contributed by atoms with Crippen molar-refractivity contribution in [2.75, 3.05) is 33.9 Å². The largest absolute Gasteiger partial charge is 0.493 e. The molecule has 0 aliphatic carbocycles. The first kappa shape index (κ1) is 24.6. The van der Waals surface area contributed by atoms with Gasteiger partial charge in [0.05, 0.1) is 20.8 Å². The van der Waals surface area contributed by atoms with Crippen LogP contribution < -0.4 is 9.47 Å². The molecule has 9 nitrogen and oxygen atoms in total. The van der Waals surface area contributed by atoms with Gasteiger partial charge in [-0.1, -0.05) is 24.3 Å². The van der Waals surface area contributed by atoms with Crippen molar-refractivity contribution in [1.29, 1.82) is 0 Å². The average Bonchev–Trinajstić information content (AvgIpc) is 3.37. The number of piperidine rings is 1. The summed E-state index contributed by atoms with van der Waals surface area (Å²) in [5.41, 5.74) is 3.18. The summed E-state index contributed by atoms with van der Waals surface area (Å²) in [6.45, 7) is 2.95. The maximum Gasteiger partial charge on any atom is 0.343 e. The number of hydrogen-bond donors (Lipinski definition) is 2. The SMILES string of the molecule is CCN(O)C(=O)N1CCC(c2nc(-c3ccc(CO)cc3)c(-c3ccc(OC)c(OC)c3)o2)CC1. The molecule has 1 aliphatic heterocycles. The van der Waals surface area contributed by atoms with E-state index in [4.69, 9.17) is 18.9 Å². The number of benzene rings is 2. The third-order valence-electron chi connectivity index (χ3n) is 6.33. The number of methoxy groups -OCH3 is 2. The number of hydrogen-bond acceptors (Lipinski definition) is 7. The van der Waals surface area contributed by atoms with Crippen LogP contribution in [0.15, 0.2) is 46.9 Å². The third-order valence-corrected chi connectivity index (χ3v) is 6.33. The number of amides is 2. The molecule has 9 heteroatoms. The summed E-state index contributed by atoms with van der Waals surface area (Å²) in [5, 5.41) is 19.9. The monoisotopic (exact) mass is 481 g/mol. The molecular weight excluding hydrogens is 450 g/mol. The highest BCUT2D eigenvalue weighted by Crippen LogP contribution is 2.40. The number of urea groups is 1. The maximum absolute atomic E-state index is 12.3. The van der Waals surface area contributed by atoms with Crippen molar-refractivity contribution in [3.05, 3.63) is 53.9 Å². The standard InChI is InChI=1S/C26H31N3O6/c1-4-29(32)26(31)28-13-11-19(12-14-28)25-27-23(18-7-5-17(16-30)6-8-18)24(35-25)20-9-10-21(33-2)22(15-20)34-3/h5-10,15,19,30,32H,4,11-14,16H2,1-3H3. The van der Waals surface area contributed by atoms with E-state index in [0.717, 1.165) is 21.8 Å². The lowest BCUT2D eigenvalue weighted by Crippen LogP contribution is -2.45. The molecule has 2 heterocycles. The minimum Gasteiger partial charge on any atom is -0.493 e. The zero-order chi connectivity index (χ0) is 24.9. The van der Waals surface area contributed by atoms with Crippen LogP contribution in [-0.4, -0.2) is 65.1 Å². The van der Waals surface area contributed by atoms with E-state index in [0.29, 0.717) is 54.8 Å². The van der Waals surface area contributed by atoms with Gasteiger partial charge >= 0.3 is 6.03 Å². The molecular formula is C26H31N3O6. The van der Waals surface area contributed by atoms with Gasteiger partial charge in [0.25, 0.3) is 0 Å². The van der Waals surface area contributed by atoms with Crippen LogP contribution in [0.2, 0.25) is 0 Å². The predicted octanol–water partition coefficient (Wildman–Crippen LogP) is 4.53. The Hall–Kier alpha value is -3.56. The lowest BCUT2D eigenvalue weighted by atomic mass is 9.97. The molecule has 0 saturated carbocycles. The molecule has 0 radical (unpaired) electrons. The second-order valence-electron chi connectivity index (χ2n) is 8.41. The molecule has 1 saturated heterocycles. The van der Waals surface area contributed by atoms with Crippen molar-refractivity contribution >= 4 is 6.03 Å². The fourth-order valence-corrected chi connectivity index (χ4v) is 4.26. The van der Waals surface area contributed by atoms with Crippen LogP contribution >= 0.6 is 0 Å². The highest BCUT2D eigenvalue weighted by atomic mass is 16.5. The molecule has 1 aliphatic rings. The first-order chi connectivity index (χ1) is 17.0. The predicted molar refractivity (Wildman–Crippen MR) is 130 cm³/mol. The van der Waals surface area contributed by atoms with Gasteiger partial charge in [-0.15, -0.1) is 0 Å². The first-order valence-corrected chi connectivity index (χ1v) is 11.7. The summed E-state index contributed by atoms with van der Waals surface area (Å²) in [4.78, 5) is 18.8. The first-order valence-electron chi connectivity index (χ1n) is 11.7. The average molecular weight is 482 g/mol. The fourth-order valence-electron chi connectivity index (χ4n) is 4.26. The minimum absolute atomic E-state index is 0.0343. The quantitative estimate of drug-likeness (QED) is 0.377. The normalized spacial score (nSPS) is 14.1. The van der Waals surface area contributed by atoms with Gasteiger partial charge in [0.15, 0.2) is 23.1 Å². The Balaban J connectivity index is 1.67. The van der Waals surface area contributed by atoms with Gasteiger partial charge in [-0.05, 0) is 43.5 Å². The smallest absolute Gasteiger partial charge is 0.343 e. The van der Waals surface area contributed by atoms with Gasteiger partial charge in [-0.3, -0.25) is 5.21 Å². The molecule has 0 spiro atoms. The Kier molecular flexibility index (Phi) is 7.57. The Bertz CT molecular complexity index is 1150. The van der Waals surface area contributed by atoms with E-state index in [-0.39, 0.29) is 25.1 Å². The number of likely N-dealkylation sites (tertiary alicyclic amines) is 1. The summed E-state index contributed by atoms with van der Waals surface area (Å²) in [7, 11) is 3.18. The fraction of sp³-hybridized carbons (Fsp3) is 0.385. The highest BCUT2D eigenvalue weighted by Gasteiger charge is 2.30. The molecule has 186 valence electrons. The molecule has 1 aromatic heterocycles. The number of aliphatic hydroxyl groups excluding tert-OH is 1. The van der Waals surface area contributed by atoms with Crippen molar-refractivity contribution in [3.63, 3.8) is 0 Å². The van der Waals surface area contributed by atoms with Crippen LogP contribution in [0.4, 0.5) is 4.79 Å². The Morgan fingerprint density at radius 1 is 1.09 bits per heavy atom. The van der Waals surface area contributed by atoms with E-state index in [9.17, 15) is 15.1 Å². The number of nitrogens with zero attached hydrogens (tertiary/aromatic N) is 3. The van der Waals surface area contributed by atoms with Crippen LogP contribution in [0, 0.1) is 0 Å². The van der Waals surface area contributed by atoms with Crippen molar-refractivity contribution in [2.45, 2.75) is 32.3 Å². The summed E-state index contributed by atoms with van der Waals surface area (Å²) in [6, 6.07) is 12.8. The molecule has 2 amide bonds. The van der Waals surface area contributed by atoms with Crippen LogP contribution in [0.5, 0.6) is 11.5 Å². The Morgan fingerprint density at radius 2 is 1.74 bits per heavy atom. The van der Waals surface area contributed by atoms with Crippen molar-refractivity contribution in [2.24, 2.45) is 0 Å². The van der Waals surface area contributed by atoms with Gasteiger partial charge in [0.1, 0.15) is 5.69 Å². The van der Waals surface area contributed by atoms with Gasteiger partial charge in [-0.2, -0.15) is 0 Å². The molecule has 0 atom stereocenters. The molecule has 2 aromatic carbocycles. The summed E-state index contributed by atoms with van der Waals surface area (Å²) >= 11 is 0. The van der Waals surface area contributed by atoms with E-state index >= 15 is 0 Å². The van der Waals surface area contributed by atoms with Gasteiger partial charge in [-0.25, -0.2) is 14.8 Å². The summed E-state index contributed by atoms with van der Waals surface area (Å²) in [5.74, 6) is 2.47. The number of hydroxylamine groups is 2. The van der Waals surface area contributed by atoms with Crippen LogP contribution in [-0.2, 0) is 6.61 Å².